The van der Waals surface area contributed by atoms with E-state index in [0.717, 1.165) is 36.4 Å². The van der Waals surface area contributed by atoms with Gasteiger partial charge < -0.3 is 25.6 Å². The Balaban J connectivity index is 0.00000370. The minimum absolute atomic E-state index is 0. The minimum Gasteiger partial charge on any atom is -0.494 e. The summed E-state index contributed by atoms with van der Waals surface area (Å²) in [5.41, 5.74) is -0.585. The van der Waals surface area contributed by atoms with Gasteiger partial charge >= 0.3 is 18.9 Å². The van der Waals surface area contributed by atoms with E-state index in [0.29, 0.717) is 29.5 Å². The van der Waals surface area contributed by atoms with Crippen molar-refractivity contribution in [3.63, 3.8) is 0 Å². The maximum atomic E-state index is 13.5. The number of anilines is 1. The standard InChI is InChI=1S/C27H25F2N5O4S.Li/c1-27(37)11-15(12-27)24(35)31-16-6-7-17(18(9-16)19-10-20(23(28)29)30-13-21(19)38-2)25(36)32-26-34-33-22(39-26)8-5-14-3-4-14;/h6-7,9-10,13-15,23,37H,3-4,11-12H2,1-2H3,(H2,31,32,34,35,36);/q;+1/p-1. The van der Waals surface area contributed by atoms with Crippen LogP contribution in [-0.4, -0.2) is 44.8 Å². The van der Waals surface area contributed by atoms with E-state index in [2.05, 4.69) is 37.7 Å². The summed E-state index contributed by atoms with van der Waals surface area (Å²) in [6.45, 7) is 1.66. The first-order valence-electron chi connectivity index (χ1n) is 12.2. The third kappa shape index (κ3) is 6.85. The topological polar surface area (TPSA) is 128 Å². The number of nitrogens with one attached hydrogen (secondary N) is 1. The molecule has 13 heteroatoms. The molecule has 2 saturated carbocycles. The van der Waals surface area contributed by atoms with E-state index in [1.54, 1.807) is 6.92 Å². The molecule has 0 unspecified atom stereocenters. The normalized spacial score (nSPS) is 19.5. The maximum Gasteiger partial charge on any atom is 1.00 e. The van der Waals surface area contributed by atoms with Crippen molar-refractivity contribution in [3.05, 3.63) is 52.0 Å². The molecule has 0 bridgehead atoms. The van der Waals surface area contributed by atoms with Gasteiger partial charge in [-0.15, -0.1) is 11.3 Å². The van der Waals surface area contributed by atoms with Crippen LogP contribution in [0.25, 0.3) is 16.4 Å². The molecule has 0 saturated heterocycles. The van der Waals surface area contributed by atoms with Crippen molar-refractivity contribution in [1.29, 1.82) is 0 Å². The third-order valence-corrected chi connectivity index (χ3v) is 7.19. The molecule has 2 aliphatic rings. The van der Waals surface area contributed by atoms with Crippen molar-refractivity contribution >= 4 is 34.0 Å². The molecule has 0 spiro atoms. The molecule has 2 heterocycles. The maximum absolute atomic E-state index is 13.5. The van der Waals surface area contributed by atoms with Crippen LogP contribution in [0.4, 0.5) is 19.6 Å². The number of hydrogen-bond donors (Lipinski definition) is 2. The van der Waals surface area contributed by atoms with Gasteiger partial charge in [-0.2, -0.15) is 0 Å². The summed E-state index contributed by atoms with van der Waals surface area (Å²) in [4.78, 5) is 29.7. The van der Waals surface area contributed by atoms with Crippen molar-refractivity contribution in [2.45, 2.75) is 44.6 Å². The number of ether oxygens (including phenoxy) is 1. The number of methoxy groups -OCH3 is 1. The van der Waals surface area contributed by atoms with E-state index in [1.165, 1.54) is 25.3 Å². The summed E-state index contributed by atoms with van der Waals surface area (Å²) in [7, 11) is 1.36. The van der Waals surface area contributed by atoms with Gasteiger partial charge in [0.05, 0.1) is 18.9 Å². The number of rotatable bonds is 7. The van der Waals surface area contributed by atoms with E-state index in [9.17, 15) is 23.5 Å². The molecule has 0 radical (unpaired) electrons. The molecule has 2 aliphatic carbocycles. The van der Waals surface area contributed by atoms with E-state index in [-0.39, 0.29) is 58.3 Å². The smallest absolute Gasteiger partial charge is 0.494 e. The van der Waals surface area contributed by atoms with Crippen LogP contribution in [0.2, 0.25) is 0 Å². The average molecular weight is 560 g/mol. The van der Waals surface area contributed by atoms with Gasteiger partial charge in [0.15, 0.2) is 10.9 Å². The van der Waals surface area contributed by atoms with Crippen LogP contribution < -0.4 is 28.9 Å². The molecule has 0 atom stereocenters. The van der Waals surface area contributed by atoms with Crippen LogP contribution in [-0.2, 0) is 4.79 Å². The third-order valence-electron chi connectivity index (χ3n) is 6.45. The molecule has 0 aliphatic heterocycles. The second-order valence-electron chi connectivity index (χ2n) is 9.81. The van der Waals surface area contributed by atoms with E-state index in [4.69, 9.17) is 4.74 Å². The van der Waals surface area contributed by atoms with Crippen LogP contribution in [0.1, 0.15) is 60.1 Å². The number of nitrogens with zero attached hydrogens (tertiary/aromatic N) is 4. The summed E-state index contributed by atoms with van der Waals surface area (Å²) in [6, 6.07) is 5.61. The van der Waals surface area contributed by atoms with Crippen molar-refractivity contribution in [3.8, 4) is 28.7 Å². The quantitative estimate of drug-likeness (QED) is 0.336. The molecule has 2 amide bonds. The Labute approximate surface area is 245 Å². The van der Waals surface area contributed by atoms with Gasteiger partial charge in [-0.3, -0.25) is 14.6 Å². The van der Waals surface area contributed by atoms with Crippen molar-refractivity contribution in [2.24, 2.45) is 11.8 Å². The first kappa shape index (κ1) is 29.6. The molecule has 40 heavy (non-hydrogen) atoms. The predicted molar refractivity (Wildman–Crippen MR) is 140 cm³/mol. The number of carbonyl (C=O) groups is 2. The molecule has 202 valence electrons. The summed E-state index contributed by atoms with van der Waals surface area (Å²) >= 11 is 1.07. The number of halogens is 2. The Kier molecular flexibility index (Phi) is 8.91. The van der Waals surface area contributed by atoms with Crippen LogP contribution in [0.3, 0.4) is 0 Å². The molecule has 5 rings (SSSR count). The Morgan fingerprint density at radius 2 is 1.98 bits per heavy atom. The fourth-order valence-corrected chi connectivity index (χ4v) is 4.84. The van der Waals surface area contributed by atoms with Gasteiger partial charge in [-0.05, 0) is 68.4 Å². The van der Waals surface area contributed by atoms with Crippen LogP contribution in [0.15, 0.2) is 30.5 Å². The van der Waals surface area contributed by atoms with Crippen LogP contribution in [0.5, 0.6) is 5.75 Å². The van der Waals surface area contributed by atoms with Gasteiger partial charge in [-0.25, -0.2) is 13.9 Å². The molecule has 1 aromatic carbocycles. The second-order valence-corrected chi connectivity index (χ2v) is 10.8. The van der Waals surface area contributed by atoms with E-state index >= 15 is 0 Å². The second kappa shape index (κ2) is 12.0. The number of amides is 2. The van der Waals surface area contributed by atoms with Gasteiger partial charge in [0, 0.05) is 33.8 Å². The predicted octanol–water partition coefficient (Wildman–Crippen LogP) is 2.26. The number of benzene rings is 1. The summed E-state index contributed by atoms with van der Waals surface area (Å²) in [6.07, 6.45) is 1.07. The fourth-order valence-electron chi connectivity index (χ4n) is 4.26. The average Bonchev–Trinajstić information content (AvgIpc) is 3.62. The molecule has 2 aromatic heterocycles. The SMILES string of the molecule is COc1cnc(C(F)F)cc1-c1cc(NC(=O)C2CC(C)(O)C2)ccc1C(=O)[N-]c1nnc(C#CC2CC2)s1.[Li+]. The summed E-state index contributed by atoms with van der Waals surface area (Å²) in [5, 5.41) is 25.3. The molecule has 2 fully saturated rings. The number of aliphatic hydroxyl groups is 1. The molecular formula is C27H24F2LiN5O4S. The van der Waals surface area contributed by atoms with Crippen molar-refractivity contribution in [1.82, 2.24) is 15.2 Å². The van der Waals surface area contributed by atoms with Crippen LogP contribution >= 0.6 is 11.3 Å². The number of hydrogen-bond acceptors (Lipinski definition) is 8. The molecule has 9 nitrogen and oxygen atoms in total. The molecule has 3 aromatic rings. The Hall–Kier alpha value is -3.35. The summed E-state index contributed by atoms with van der Waals surface area (Å²) in [5.74, 6) is 5.19. The van der Waals surface area contributed by atoms with Gasteiger partial charge in [0.1, 0.15) is 11.4 Å². The zero-order chi connectivity index (χ0) is 27.7. The van der Waals surface area contributed by atoms with Crippen molar-refractivity contribution < 1.29 is 47.1 Å². The first-order chi connectivity index (χ1) is 18.6. The zero-order valence-electron chi connectivity index (χ0n) is 22.1. The Bertz CT molecular complexity index is 1490. The zero-order valence-corrected chi connectivity index (χ0v) is 22.9. The van der Waals surface area contributed by atoms with Crippen LogP contribution in [0, 0.1) is 23.7 Å². The number of pyridine rings is 1. The Morgan fingerprint density at radius 1 is 1.23 bits per heavy atom. The molecule has 2 N–H and O–H groups in total. The van der Waals surface area contributed by atoms with E-state index in [1.807, 2.05) is 0 Å². The number of alkyl halides is 2. The molecular weight excluding hydrogens is 535 g/mol. The number of carbonyl (C=O) groups excluding carboxylic acids is 2. The van der Waals surface area contributed by atoms with Gasteiger partial charge in [0.25, 0.3) is 6.43 Å². The minimum atomic E-state index is -2.86. The fraction of sp³-hybridized carbons (Fsp3) is 0.370. The van der Waals surface area contributed by atoms with Crippen molar-refractivity contribution in [2.75, 3.05) is 12.4 Å². The van der Waals surface area contributed by atoms with E-state index < -0.39 is 23.6 Å². The van der Waals surface area contributed by atoms with Gasteiger partial charge in [-0.1, -0.05) is 5.92 Å². The summed E-state index contributed by atoms with van der Waals surface area (Å²) < 4.78 is 32.4. The number of aromatic nitrogens is 3. The first-order valence-corrected chi connectivity index (χ1v) is 13.0. The Morgan fingerprint density at radius 3 is 2.62 bits per heavy atom. The monoisotopic (exact) mass is 559 g/mol. The largest absolute Gasteiger partial charge is 1.00 e. The van der Waals surface area contributed by atoms with Gasteiger partial charge in [0.2, 0.25) is 5.91 Å².